The van der Waals surface area contributed by atoms with Crippen molar-refractivity contribution in [1.29, 1.82) is 0 Å². The molecule has 6 nitrogen and oxygen atoms in total. The lowest BCUT2D eigenvalue weighted by atomic mass is 9.90. The molecule has 0 saturated heterocycles. The van der Waals surface area contributed by atoms with E-state index in [1.807, 2.05) is 13.8 Å². The standard InChI is InChI=1S/C19H20N2O4/c1-10(2)17-20-13-11-8-6-7-9-12(11)15(22)16(23)14(13)21(17)18(24)25-19(3,4)5/h6-10H,1-5H3. The Morgan fingerprint density at radius 2 is 1.68 bits per heavy atom. The van der Waals surface area contributed by atoms with Gasteiger partial charge >= 0.3 is 6.09 Å². The van der Waals surface area contributed by atoms with Crippen molar-refractivity contribution in [1.82, 2.24) is 9.55 Å². The van der Waals surface area contributed by atoms with Crippen LogP contribution in [0.3, 0.4) is 0 Å². The summed E-state index contributed by atoms with van der Waals surface area (Å²) in [6.07, 6.45) is -0.703. The third kappa shape index (κ3) is 2.77. The molecule has 0 fully saturated rings. The summed E-state index contributed by atoms with van der Waals surface area (Å²) >= 11 is 0. The summed E-state index contributed by atoms with van der Waals surface area (Å²) in [5.74, 6) is -1.10. The molecule has 25 heavy (non-hydrogen) atoms. The van der Waals surface area contributed by atoms with Crippen molar-refractivity contribution in [2.24, 2.45) is 0 Å². The molecule has 0 atom stereocenters. The van der Waals surface area contributed by atoms with Crippen molar-refractivity contribution in [3.05, 3.63) is 41.3 Å². The normalized spacial score (nSPS) is 13.7. The molecule has 130 valence electrons. The zero-order chi connectivity index (χ0) is 18.5. The second-order valence-corrected chi connectivity index (χ2v) is 7.34. The van der Waals surface area contributed by atoms with Gasteiger partial charge in [0.1, 0.15) is 22.8 Å². The summed E-state index contributed by atoms with van der Waals surface area (Å²) in [6.45, 7) is 8.96. The lowest BCUT2D eigenvalue weighted by Crippen LogP contribution is -2.32. The van der Waals surface area contributed by atoms with E-state index in [0.717, 1.165) is 4.57 Å². The first-order valence-electron chi connectivity index (χ1n) is 8.16. The largest absolute Gasteiger partial charge is 0.443 e. The fourth-order valence-electron chi connectivity index (χ4n) is 2.83. The van der Waals surface area contributed by atoms with Crippen molar-refractivity contribution in [2.45, 2.75) is 46.1 Å². The number of benzene rings is 1. The molecular weight excluding hydrogens is 320 g/mol. The third-order valence-corrected chi connectivity index (χ3v) is 3.84. The minimum absolute atomic E-state index is 0.0124. The highest BCUT2D eigenvalue weighted by Gasteiger charge is 2.39. The molecule has 3 rings (SSSR count). The maximum Gasteiger partial charge on any atom is 0.420 e. The molecule has 6 heteroatoms. The van der Waals surface area contributed by atoms with Gasteiger partial charge in [0.25, 0.3) is 5.78 Å². The molecule has 1 aromatic heterocycles. The van der Waals surface area contributed by atoms with Gasteiger partial charge in [0.15, 0.2) is 0 Å². The first-order chi connectivity index (χ1) is 11.6. The number of nitrogens with zero attached hydrogens (tertiary/aromatic N) is 2. The molecule has 0 spiro atoms. The number of Topliss-reactive ketones (excluding diaryl/α,β-unsaturated/α-hetero) is 2. The monoisotopic (exact) mass is 340 g/mol. The van der Waals surface area contributed by atoms with Gasteiger partial charge in [0.2, 0.25) is 5.78 Å². The average molecular weight is 340 g/mol. The van der Waals surface area contributed by atoms with E-state index in [2.05, 4.69) is 4.98 Å². The SMILES string of the molecule is CC(C)c1nc2c(n1C(=O)OC(C)(C)C)C(=O)C(=O)c1ccccc1-2. The Morgan fingerprint density at radius 3 is 2.24 bits per heavy atom. The molecule has 0 unspecified atom stereocenters. The molecule has 0 saturated carbocycles. The molecule has 2 aromatic rings. The Bertz CT molecular complexity index is 901. The molecule has 1 aromatic carbocycles. The van der Waals surface area contributed by atoms with Crippen LogP contribution in [0.5, 0.6) is 0 Å². The Labute approximate surface area is 145 Å². The number of carbonyl (C=O) groups is 3. The highest BCUT2D eigenvalue weighted by molar-refractivity contribution is 6.52. The van der Waals surface area contributed by atoms with Crippen LogP contribution in [0.2, 0.25) is 0 Å². The second kappa shape index (κ2) is 5.65. The molecule has 1 heterocycles. The van der Waals surface area contributed by atoms with Gasteiger partial charge in [0, 0.05) is 17.0 Å². The van der Waals surface area contributed by atoms with Crippen molar-refractivity contribution in [2.75, 3.05) is 0 Å². The van der Waals surface area contributed by atoms with Crippen LogP contribution in [-0.2, 0) is 4.74 Å². The van der Waals surface area contributed by atoms with Gasteiger partial charge < -0.3 is 4.74 Å². The van der Waals surface area contributed by atoms with E-state index in [0.29, 0.717) is 22.6 Å². The predicted molar refractivity (Wildman–Crippen MR) is 92.0 cm³/mol. The second-order valence-electron chi connectivity index (χ2n) is 7.34. The number of ether oxygens (including phenoxy) is 1. The number of hydrogen-bond donors (Lipinski definition) is 0. The van der Waals surface area contributed by atoms with Crippen LogP contribution in [0.25, 0.3) is 11.3 Å². The summed E-state index contributed by atoms with van der Waals surface area (Å²) < 4.78 is 6.59. The highest BCUT2D eigenvalue weighted by Crippen LogP contribution is 2.35. The van der Waals surface area contributed by atoms with E-state index in [4.69, 9.17) is 4.74 Å². The van der Waals surface area contributed by atoms with E-state index < -0.39 is 23.3 Å². The topological polar surface area (TPSA) is 78.3 Å². The Balaban J connectivity index is 2.29. The first-order valence-corrected chi connectivity index (χ1v) is 8.16. The van der Waals surface area contributed by atoms with Gasteiger partial charge in [-0.2, -0.15) is 0 Å². The van der Waals surface area contributed by atoms with E-state index in [9.17, 15) is 14.4 Å². The number of imidazole rings is 1. The van der Waals surface area contributed by atoms with Crippen LogP contribution in [0.1, 0.15) is 67.2 Å². The fraction of sp³-hybridized carbons (Fsp3) is 0.368. The van der Waals surface area contributed by atoms with Gasteiger partial charge in [0.05, 0.1) is 0 Å². The lowest BCUT2D eigenvalue weighted by Gasteiger charge is -2.22. The van der Waals surface area contributed by atoms with Gasteiger partial charge in [-0.15, -0.1) is 0 Å². The summed E-state index contributed by atoms with van der Waals surface area (Å²) in [5, 5.41) is 0. The highest BCUT2D eigenvalue weighted by atomic mass is 16.6. The Morgan fingerprint density at radius 1 is 1.08 bits per heavy atom. The summed E-state index contributed by atoms with van der Waals surface area (Å²) in [5.41, 5.74) is 0.481. The molecule has 0 amide bonds. The van der Waals surface area contributed by atoms with Gasteiger partial charge in [-0.05, 0) is 20.8 Å². The molecular formula is C19H20N2O4. The molecule has 1 aliphatic rings. The molecule has 0 bridgehead atoms. The third-order valence-electron chi connectivity index (χ3n) is 3.84. The minimum Gasteiger partial charge on any atom is -0.443 e. The Hall–Kier alpha value is -2.76. The summed E-state index contributed by atoms with van der Waals surface area (Å²) in [4.78, 5) is 42.4. The van der Waals surface area contributed by atoms with Crippen molar-refractivity contribution >= 4 is 17.7 Å². The number of carbonyl (C=O) groups excluding carboxylic acids is 3. The van der Waals surface area contributed by atoms with Crippen LogP contribution in [0, 0.1) is 0 Å². The van der Waals surface area contributed by atoms with Crippen LogP contribution >= 0.6 is 0 Å². The smallest absolute Gasteiger partial charge is 0.420 e. The van der Waals surface area contributed by atoms with E-state index in [1.54, 1.807) is 45.0 Å². The molecule has 1 aliphatic carbocycles. The number of ketones is 2. The maximum atomic E-state index is 12.7. The van der Waals surface area contributed by atoms with Crippen molar-refractivity contribution < 1.29 is 19.1 Å². The molecule has 0 aliphatic heterocycles. The average Bonchev–Trinajstić information content (AvgIpc) is 2.92. The zero-order valence-electron chi connectivity index (χ0n) is 14.9. The van der Waals surface area contributed by atoms with Crippen LogP contribution < -0.4 is 0 Å². The summed E-state index contributed by atoms with van der Waals surface area (Å²) in [7, 11) is 0. The number of fused-ring (bicyclic) bond motifs is 3. The fourth-order valence-corrected chi connectivity index (χ4v) is 2.83. The van der Waals surface area contributed by atoms with Crippen LogP contribution in [0.15, 0.2) is 24.3 Å². The molecule has 0 radical (unpaired) electrons. The summed E-state index contributed by atoms with van der Waals surface area (Å²) in [6, 6.07) is 6.80. The Kier molecular flexibility index (Phi) is 3.86. The van der Waals surface area contributed by atoms with Crippen LogP contribution in [-0.4, -0.2) is 32.8 Å². The number of aromatic nitrogens is 2. The van der Waals surface area contributed by atoms with Gasteiger partial charge in [-0.25, -0.2) is 14.3 Å². The maximum absolute atomic E-state index is 12.7. The first kappa shape index (κ1) is 17.1. The lowest BCUT2D eigenvalue weighted by molar-refractivity contribution is 0.0521. The number of hydrogen-bond acceptors (Lipinski definition) is 5. The number of rotatable bonds is 1. The molecule has 0 N–H and O–H groups in total. The van der Waals surface area contributed by atoms with E-state index in [1.165, 1.54) is 0 Å². The zero-order valence-corrected chi connectivity index (χ0v) is 14.9. The van der Waals surface area contributed by atoms with Crippen molar-refractivity contribution in [3.63, 3.8) is 0 Å². The van der Waals surface area contributed by atoms with Gasteiger partial charge in [-0.1, -0.05) is 38.1 Å². The van der Waals surface area contributed by atoms with Crippen LogP contribution in [0.4, 0.5) is 4.79 Å². The van der Waals surface area contributed by atoms with E-state index >= 15 is 0 Å². The van der Waals surface area contributed by atoms with Gasteiger partial charge in [-0.3, -0.25) is 9.59 Å². The minimum atomic E-state index is -0.737. The quantitative estimate of drug-likeness (QED) is 0.737. The predicted octanol–water partition coefficient (Wildman–Crippen LogP) is 3.84. The van der Waals surface area contributed by atoms with Crippen molar-refractivity contribution in [3.8, 4) is 11.3 Å². The van der Waals surface area contributed by atoms with E-state index in [-0.39, 0.29) is 11.6 Å².